The second-order valence-corrected chi connectivity index (χ2v) is 31.7. The van der Waals surface area contributed by atoms with E-state index >= 15 is 0 Å². The van der Waals surface area contributed by atoms with Gasteiger partial charge in [-0.05, 0) is 175 Å². The van der Waals surface area contributed by atoms with Crippen LogP contribution in [0.4, 0.5) is 21.5 Å². The summed E-state index contributed by atoms with van der Waals surface area (Å²) in [5, 5.41) is 28.5. The molecule has 0 bridgehead atoms. The van der Waals surface area contributed by atoms with Crippen LogP contribution in [0.25, 0.3) is 71.6 Å². The van der Waals surface area contributed by atoms with Gasteiger partial charge in [0.1, 0.15) is 11.6 Å². The van der Waals surface area contributed by atoms with Crippen LogP contribution in [-0.2, 0) is 68.7 Å². The third-order valence-electron chi connectivity index (χ3n) is 22.9. The molecule has 22 nitrogen and oxygen atoms in total. The lowest BCUT2D eigenvalue weighted by Crippen LogP contribution is -2.37. The molecule has 6 aromatic heterocycles. The predicted octanol–water partition coefficient (Wildman–Crippen LogP) is 18.0. The first-order chi connectivity index (χ1) is 60.3. The molecule has 4 saturated heterocycles. The number of aromatic nitrogens is 6. The number of nitrogens with one attached hydrogen (secondary N) is 2. The number of para-hydroxylation sites is 5. The van der Waals surface area contributed by atoms with Crippen molar-refractivity contribution in [1.82, 2.24) is 48.3 Å². The maximum atomic E-state index is 12.5. The zero-order chi connectivity index (χ0) is 84.9. The number of anilines is 1. The van der Waals surface area contributed by atoms with Gasteiger partial charge in [-0.15, -0.1) is 0 Å². The predicted molar refractivity (Wildman–Crippen MR) is 493 cm³/mol. The summed E-state index contributed by atoms with van der Waals surface area (Å²) in [5.41, 5.74) is 25.0. The lowest BCUT2D eigenvalue weighted by atomic mass is 10.0. The molecule has 0 atom stereocenters. The van der Waals surface area contributed by atoms with E-state index in [-0.39, 0.29) is 22.1 Å². The summed E-state index contributed by atoms with van der Waals surface area (Å²) >= 11 is 3.44. The second kappa shape index (κ2) is 44.8. The van der Waals surface area contributed by atoms with Crippen molar-refractivity contribution in [2.24, 2.45) is 0 Å². The Balaban J connectivity index is 0.000000125. The maximum absolute atomic E-state index is 12.5. The number of aromatic amines is 2. The number of benzene rings is 9. The van der Waals surface area contributed by atoms with Gasteiger partial charge < -0.3 is 48.4 Å². The summed E-state index contributed by atoms with van der Waals surface area (Å²) in [6.07, 6.45) is 21.5. The van der Waals surface area contributed by atoms with Crippen molar-refractivity contribution >= 4 is 93.3 Å². The number of Topliss-reactive ketones (excluding diaryl/α,β-unsaturated/α-hetero) is 1. The largest absolute Gasteiger partial charge is 0.399 e. The number of nitro groups is 2. The quantitative estimate of drug-likeness (QED) is 0.0221. The Morgan fingerprint density at radius 1 is 0.407 bits per heavy atom. The first-order valence-electron chi connectivity index (χ1n) is 42.5. The van der Waals surface area contributed by atoms with Gasteiger partial charge in [0.25, 0.3) is 11.4 Å². The number of H-pyrrole nitrogens is 2. The molecule has 4 N–H and O–H groups in total. The standard InChI is InChI=1S/C29H31N3O2.C20H21N3O3.C20H23N3O.C14H18N2O.C10H10BrN.C6H4FNO2/c33-27(12-9-24-4-3-14-30-21-24)20-23-7-10-26(11-8-23)32-22-25(28-5-1-2-6-29(28)32)13-15-31-16-18-34-19-17-31;24-23(25)18-7-5-17(6-8-18)22-15-16(19-3-1-2-4-20(19)22)9-10-21-11-13-26-14-12-21;21-17-5-7-18(8-6-17)23-15-16(19-3-1-2-4-20(19)23)9-10-22-11-13-24-14-12-22;1-2-4-14-13(3-1)12(11-15-14)5-6-16-7-9-17-10-8-16;11-6-5-8-7-12-10-4-2-1-3-9(8)10;7-5-1-3-6(4-2-5)8(9)10/h1-8,10-11,14,21-22H,9,12-13,15-20H2;1-8,15H,9-14H2;1-8,15H,9-14,21H2;1-4,11,15H,5-10H2;1-4,7,12H,5-6H2;1-4H. The van der Waals surface area contributed by atoms with Crippen molar-refractivity contribution in [1.29, 1.82) is 0 Å². The van der Waals surface area contributed by atoms with Crippen molar-refractivity contribution in [3.63, 3.8) is 0 Å². The average molecular weight is 1720 g/mol. The molecule has 9 aromatic carbocycles. The molecule has 15 aromatic rings. The number of fused-ring (bicyclic) bond motifs is 5. The summed E-state index contributed by atoms with van der Waals surface area (Å²) in [5.74, 6) is -0.209. The van der Waals surface area contributed by atoms with Gasteiger partial charge in [-0.3, -0.25) is 49.6 Å². The first kappa shape index (κ1) is 87.5. The Bertz CT molecular complexity index is 5830. The van der Waals surface area contributed by atoms with Crippen molar-refractivity contribution < 1.29 is 38.0 Å². The van der Waals surface area contributed by atoms with Crippen molar-refractivity contribution in [2.75, 3.05) is 142 Å². The highest BCUT2D eigenvalue weighted by Crippen LogP contribution is 2.31. The van der Waals surface area contributed by atoms with Crippen LogP contribution >= 0.6 is 15.9 Å². The van der Waals surface area contributed by atoms with Gasteiger partial charge >= 0.3 is 0 Å². The van der Waals surface area contributed by atoms with Crippen LogP contribution in [0.5, 0.6) is 0 Å². The Morgan fingerprint density at radius 2 is 0.756 bits per heavy atom. The molecule has 0 amide bonds. The summed E-state index contributed by atoms with van der Waals surface area (Å²) in [6, 6.07) is 73.9. The van der Waals surface area contributed by atoms with E-state index in [0.29, 0.717) is 12.8 Å². The lowest BCUT2D eigenvalue weighted by molar-refractivity contribution is -0.385. The van der Waals surface area contributed by atoms with Gasteiger partial charge in [-0.25, -0.2) is 4.39 Å². The number of nitro benzene ring substituents is 2. The number of carbonyl (C=O) groups excluding carboxylic acids is 1. The summed E-state index contributed by atoms with van der Waals surface area (Å²) in [7, 11) is 0. The van der Waals surface area contributed by atoms with E-state index in [1.807, 2.05) is 36.5 Å². The van der Waals surface area contributed by atoms with E-state index < -0.39 is 10.7 Å². The Morgan fingerprint density at radius 3 is 1.14 bits per heavy atom. The minimum atomic E-state index is -0.570. The van der Waals surface area contributed by atoms with Crippen LogP contribution in [0, 0.1) is 26.0 Å². The van der Waals surface area contributed by atoms with E-state index in [1.54, 1.807) is 30.5 Å². The monoisotopic (exact) mass is 1720 g/mol. The summed E-state index contributed by atoms with van der Waals surface area (Å²) < 4.78 is 40.5. The second-order valence-electron chi connectivity index (χ2n) is 30.9. The number of nitrogens with zero attached hydrogens (tertiary/aromatic N) is 10. The zero-order valence-electron chi connectivity index (χ0n) is 69.5. The highest BCUT2D eigenvalue weighted by atomic mass is 79.9. The van der Waals surface area contributed by atoms with E-state index in [4.69, 9.17) is 24.7 Å². The number of aryl methyl sites for hydroxylation is 2. The molecule has 0 aliphatic carbocycles. The highest BCUT2D eigenvalue weighted by molar-refractivity contribution is 9.09. The molecular formula is C99H107BrFN13O9. The molecular weight excluding hydrogens is 1610 g/mol. The zero-order valence-corrected chi connectivity index (χ0v) is 71.1. The number of halogens is 2. The SMILES string of the molecule is BrCCc1c[nH]c2ccccc12.Nc1ccc(-n2cc(CCN3CCOCC3)c3ccccc32)cc1.O=C(CCc1cccnc1)Cc1ccc(-n2cc(CCN3CCOCC3)c3ccccc32)cc1.O=[N+]([O-])c1ccc(-n2cc(CCN3CCOCC3)c3ccccc32)cc1.O=[N+]([O-])c1ccc(F)cc1.c1ccc2c(CCN3CCOCC3)c[nH]c2c1. The lowest BCUT2D eigenvalue weighted by Gasteiger charge is -2.26. The average Bonchev–Trinajstić information content (AvgIpc) is 1.64. The number of non-ortho nitro benzene ring substituents is 2. The molecule has 10 heterocycles. The molecule has 4 fully saturated rings. The fraction of sp³-hybridized carbons (Fsp3) is 0.293. The van der Waals surface area contributed by atoms with E-state index in [0.717, 1.165) is 239 Å². The van der Waals surface area contributed by atoms with E-state index in [2.05, 4.69) is 247 Å². The highest BCUT2D eigenvalue weighted by Gasteiger charge is 2.20. The van der Waals surface area contributed by atoms with Crippen molar-refractivity contribution in [3.8, 4) is 17.1 Å². The number of morpholine rings is 4. The van der Waals surface area contributed by atoms with Crippen molar-refractivity contribution in [3.05, 3.63) is 339 Å². The van der Waals surface area contributed by atoms with Gasteiger partial charge in [0.15, 0.2) is 0 Å². The number of hydrogen-bond donors (Lipinski definition) is 3. The number of rotatable bonds is 24. The van der Waals surface area contributed by atoms with E-state index in [9.17, 15) is 29.4 Å². The number of ketones is 1. The van der Waals surface area contributed by atoms with Gasteiger partial charge in [0, 0.05) is 225 Å². The molecule has 0 radical (unpaired) electrons. The van der Waals surface area contributed by atoms with Crippen LogP contribution < -0.4 is 5.73 Å². The van der Waals surface area contributed by atoms with Crippen molar-refractivity contribution in [2.45, 2.75) is 51.4 Å². The van der Waals surface area contributed by atoms with Crippen LogP contribution in [0.15, 0.2) is 274 Å². The van der Waals surface area contributed by atoms with Gasteiger partial charge in [0.05, 0.1) is 79.3 Å². The Kier molecular flexibility index (Phi) is 31.9. The molecule has 24 heteroatoms. The normalized spacial score (nSPS) is 14.6. The Labute approximate surface area is 725 Å². The van der Waals surface area contributed by atoms with Gasteiger partial charge in [0.2, 0.25) is 0 Å². The molecule has 19 rings (SSSR count). The van der Waals surface area contributed by atoms with Gasteiger partial charge in [-0.1, -0.05) is 125 Å². The smallest absolute Gasteiger partial charge is 0.269 e. The maximum Gasteiger partial charge on any atom is 0.269 e. The number of alkyl halides is 1. The fourth-order valence-corrected chi connectivity index (χ4v) is 16.5. The topological polar surface area (TPSA) is 239 Å². The van der Waals surface area contributed by atoms with Gasteiger partial charge in [-0.2, -0.15) is 0 Å². The molecule has 0 saturated carbocycles. The van der Waals surface area contributed by atoms with Crippen LogP contribution in [0.1, 0.15) is 45.4 Å². The summed E-state index contributed by atoms with van der Waals surface area (Å²) in [4.78, 5) is 53.0. The molecule has 0 spiro atoms. The number of nitrogen functional groups attached to an aromatic ring is 1. The van der Waals surface area contributed by atoms with E-state index in [1.165, 1.54) is 76.8 Å². The third kappa shape index (κ3) is 24.6. The fourth-order valence-electron chi connectivity index (χ4n) is 16.0. The molecule has 0 unspecified atom stereocenters. The number of carbonyl (C=O) groups is 1. The molecule has 123 heavy (non-hydrogen) atoms. The third-order valence-corrected chi connectivity index (χ3v) is 23.3. The minimum Gasteiger partial charge on any atom is -0.399 e. The number of hydrogen-bond acceptors (Lipinski definition) is 15. The number of nitrogens with two attached hydrogens (primary N) is 1. The minimum absolute atomic E-state index is 0.0959. The van der Waals surface area contributed by atoms with Crippen LogP contribution in [-0.4, -0.2) is 201 Å². The van der Waals surface area contributed by atoms with Crippen LogP contribution in [0.2, 0.25) is 0 Å². The number of pyridine rings is 1. The Hall–Kier alpha value is -11.8. The molecule has 636 valence electrons. The summed E-state index contributed by atoms with van der Waals surface area (Å²) in [6.45, 7) is 19.3. The van der Waals surface area contributed by atoms with Crippen LogP contribution in [0.3, 0.4) is 0 Å². The molecule has 4 aliphatic rings. The number of ether oxygens (including phenoxy) is 4. The molecule has 4 aliphatic heterocycles. The first-order valence-corrected chi connectivity index (χ1v) is 43.6.